The van der Waals surface area contributed by atoms with Crippen LogP contribution in [-0.4, -0.2) is 34.1 Å². The second-order valence-electron chi connectivity index (χ2n) is 5.50. The number of fused-ring (bicyclic) bond motifs is 1. The van der Waals surface area contributed by atoms with E-state index in [1.54, 1.807) is 9.75 Å². The third kappa shape index (κ3) is 3.00. The van der Waals surface area contributed by atoms with E-state index >= 15 is 0 Å². The summed E-state index contributed by atoms with van der Waals surface area (Å²) >= 11 is 0. The van der Waals surface area contributed by atoms with E-state index in [-0.39, 0.29) is 5.88 Å². The quantitative estimate of drug-likeness (QED) is 0.796. The highest BCUT2D eigenvalue weighted by molar-refractivity contribution is 5.86. The van der Waals surface area contributed by atoms with Gasteiger partial charge in [0.05, 0.1) is 10.9 Å². The van der Waals surface area contributed by atoms with Crippen LogP contribution in [0.2, 0.25) is 0 Å². The predicted octanol–water partition coefficient (Wildman–Crippen LogP) is 2.74. The van der Waals surface area contributed by atoms with Crippen LogP contribution in [0.25, 0.3) is 10.9 Å². The molecule has 1 aliphatic rings. The summed E-state index contributed by atoms with van der Waals surface area (Å²) in [6.07, 6.45) is 1.33. The van der Waals surface area contributed by atoms with Crippen LogP contribution >= 0.6 is 0 Å². The second kappa shape index (κ2) is 5.73. The molecule has 2 aromatic rings. The number of para-hydroxylation sites is 1. The lowest BCUT2D eigenvalue weighted by atomic mass is 10.0. The topological polar surface area (TPSA) is 56.6 Å². The molecule has 6 heteroatoms. The van der Waals surface area contributed by atoms with Crippen LogP contribution in [0, 0.1) is 5.92 Å². The van der Waals surface area contributed by atoms with Crippen molar-refractivity contribution in [3.63, 3.8) is 0 Å². The van der Waals surface area contributed by atoms with Gasteiger partial charge >= 0.3 is 6.16 Å². The smallest absolute Gasteiger partial charge is 0.372 e. The molecule has 1 aromatic heterocycles. The monoisotopic (exact) mass is 289 g/mol. The molecule has 0 bridgehead atoms. The number of ether oxygens (including phenoxy) is 1. The fraction of sp³-hybridized carbons (Fsp3) is 0.467. The van der Waals surface area contributed by atoms with E-state index in [1.807, 2.05) is 31.3 Å². The SMILES string of the molecule is CC1CCN(OC(=O)Oc2nn(C)c3ccccc23)CC1. The Morgan fingerprint density at radius 1 is 1.29 bits per heavy atom. The minimum Gasteiger partial charge on any atom is -0.372 e. The van der Waals surface area contributed by atoms with Gasteiger partial charge in [-0.25, -0.2) is 4.79 Å². The van der Waals surface area contributed by atoms with Gasteiger partial charge < -0.3 is 9.57 Å². The maximum atomic E-state index is 11.9. The van der Waals surface area contributed by atoms with Gasteiger partial charge in [0.15, 0.2) is 0 Å². The summed E-state index contributed by atoms with van der Waals surface area (Å²) in [4.78, 5) is 17.1. The number of aromatic nitrogens is 2. The number of aryl methyl sites for hydroxylation is 1. The first-order chi connectivity index (χ1) is 10.1. The van der Waals surface area contributed by atoms with Crippen molar-refractivity contribution in [1.82, 2.24) is 14.8 Å². The summed E-state index contributed by atoms with van der Waals surface area (Å²) in [5, 5.41) is 6.67. The summed E-state index contributed by atoms with van der Waals surface area (Å²) in [6.45, 7) is 3.70. The highest BCUT2D eigenvalue weighted by atomic mass is 16.8. The largest absolute Gasteiger partial charge is 0.534 e. The molecule has 0 saturated carbocycles. The Morgan fingerprint density at radius 2 is 2.00 bits per heavy atom. The Bertz CT molecular complexity index is 645. The molecule has 1 aromatic carbocycles. The number of hydrogen-bond acceptors (Lipinski definition) is 5. The van der Waals surface area contributed by atoms with Crippen molar-refractivity contribution in [3.8, 4) is 5.88 Å². The lowest BCUT2D eigenvalue weighted by Gasteiger charge is -2.27. The zero-order chi connectivity index (χ0) is 14.8. The average Bonchev–Trinajstić information content (AvgIpc) is 2.78. The van der Waals surface area contributed by atoms with Crippen LogP contribution in [0.4, 0.5) is 4.79 Å². The Morgan fingerprint density at radius 3 is 2.76 bits per heavy atom. The normalized spacial score (nSPS) is 17.0. The Hall–Kier alpha value is -2.08. The first-order valence-electron chi connectivity index (χ1n) is 7.20. The van der Waals surface area contributed by atoms with Crippen LogP contribution in [0.15, 0.2) is 24.3 Å². The van der Waals surface area contributed by atoms with Crippen LogP contribution in [0.1, 0.15) is 19.8 Å². The van der Waals surface area contributed by atoms with Gasteiger partial charge in [-0.2, -0.15) is 0 Å². The molecule has 0 spiro atoms. The summed E-state index contributed by atoms with van der Waals surface area (Å²) in [5.74, 6) is 0.962. The van der Waals surface area contributed by atoms with Gasteiger partial charge in [0.2, 0.25) is 0 Å². The first-order valence-corrected chi connectivity index (χ1v) is 7.20. The Labute approximate surface area is 123 Å². The molecule has 112 valence electrons. The average molecular weight is 289 g/mol. The number of carbonyl (C=O) groups is 1. The third-order valence-corrected chi connectivity index (χ3v) is 3.85. The number of hydrogen-bond donors (Lipinski definition) is 0. The fourth-order valence-electron chi connectivity index (χ4n) is 2.54. The molecule has 6 nitrogen and oxygen atoms in total. The molecular weight excluding hydrogens is 270 g/mol. The van der Waals surface area contributed by atoms with E-state index < -0.39 is 6.16 Å². The molecule has 1 saturated heterocycles. The van der Waals surface area contributed by atoms with Gasteiger partial charge in [0, 0.05) is 20.1 Å². The molecule has 0 N–H and O–H groups in total. The molecule has 0 aliphatic carbocycles. The summed E-state index contributed by atoms with van der Waals surface area (Å²) in [6, 6.07) is 7.59. The minimum atomic E-state index is -0.728. The van der Waals surface area contributed by atoms with E-state index in [0.717, 1.165) is 36.8 Å². The van der Waals surface area contributed by atoms with Crippen LogP contribution in [0.3, 0.4) is 0 Å². The number of piperidine rings is 1. The summed E-state index contributed by atoms with van der Waals surface area (Å²) in [5.41, 5.74) is 0.909. The van der Waals surface area contributed by atoms with E-state index in [0.29, 0.717) is 5.92 Å². The van der Waals surface area contributed by atoms with Gasteiger partial charge in [0.1, 0.15) is 0 Å². The lowest BCUT2D eigenvalue weighted by molar-refractivity contribution is -0.131. The molecule has 1 aliphatic heterocycles. The predicted molar refractivity (Wildman–Crippen MR) is 77.8 cm³/mol. The van der Waals surface area contributed by atoms with E-state index in [9.17, 15) is 4.79 Å². The fourth-order valence-corrected chi connectivity index (χ4v) is 2.54. The molecule has 0 radical (unpaired) electrons. The molecular formula is C15H19N3O3. The van der Waals surface area contributed by atoms with Crippen molar-refractivity contribution in [2.75, 3.05) is 13.1 Å². The molecule has 0 atom stereocenters. The van der Waals surface area contributed by atoms with Crippen molar-refractivity contribution in [2.45, 2.75) is 19.8 Å². The third-order valence-electron chi connectivity index (χ3n) is 3.85. The van der Waals surface area contributed by atoms with Crippen molar-refractivity contribution in [2.24, 2.45) is 13.0 Å². The van der Waals surface area contributed by atoms with Gasteiger partial charge in [-0.1, -0.05) is 19.1 Å². The van der Waals surface area contributed by atoms with Gasteiger partial charge in [-0.15, -0.1) is 10.2 Å². The summed E-state index contributed by atoms with van der Waals surface area (Å²) in [7, 11) is 1.81. The number of benzene rings is 1. The Kier molecular flexibility index (Phi) is 3.79. The van der Waals surface area contributed by atoms with Gasteiger partial charge in [-0.3, -0.25) is 4.68 Å². The van der Waals surface area contributed by atoms with Crippen LogP contribution in [0.5, 0.6) is 5.88 Å². The van der Waals surface area contributed by atoms with E-state index in [1.165, 1.54) is 0 Å². The zero-order valence-corrected chi connectivity index (χ0v) is 12.3. The summed E-state index contributed by atoms with van der Waals surface area (Å²) < 4.78 is 6.92. The van der Waals surface area contributed by atoms with Crippen molar-refractivity contribution >= 4 is 17.1 Å². The van der Waals surface area contributed by atoms with E-state index in [2.05, 4.69) is 12.0 Å². The van der Waals surface area contributed by atoms with Crippen molar-refractivity contribution < 1.29 is 14.4 Å². The highest BCUT2D eigenvalue weighted by Crippen LogP contribution is 2.24. The minimum absolute atomic E-state index is 0.281. The van der Waals surface area contributed by atoms with Crippen LogP contribution < -0.4 is 4.74 Å². The maximum absolute atomic E-state index is 11.9. The number of hydroxylamine groups is 2. The zero-order valence-electron chi connectivity index (χ0n) is 12.3. The molecule has 0 unspecified atom stereocenters. The number of rotatable bonds is 2. The molecule has 3 rings (SSSR count). The molecule has 2 heterocycles. The van der Waals surface area contributed by atoms with Crippen molar-refractivity contribution in [1.29, 1.82) is 0 Å². The maximum Gasteiger partial charge on any atom is 0.534 e. The first kappa shape index (κ1) is 13.9. The van der Waals surface area contributed by atoms with Gasteiger partial charge in [-0.05, 0) is 30.9 Å². The lowest BCUT2D eigenvalue weighted by Crippen LogP contribution is -2.35. The second-order valence-corrected chi connectivity index (χ2v) is 5.50. The molecule has 0 amide bonds. The number of nitrogens with zero attached hydrogens (tertiary/aromatic N) is 3. The van der Waals surface area contributed by atoms with E-state index in [4.69, 9.17) is 9.57 Å². The molecule has 1 fully saturated rings. The van der Waals surface area contributed by atoms with Crippen LogP contribution in [-0.2, 0) is 11.9 Å². The standard InChI is InChI=1S/C15H19N3O3/c1-11-7-9-18(10-8-11)21-15(19)20-14-12-5-3-4-6-13(12)17(2)16-14/h3-6,11H,7-10H2,1-2H3. The van der Waals surface area contributed by atoms with Gasteiger partial charge in [0.25, 0.3) is 5.88 Å². The van der Waals surface area contributed by atoms with Crippen molar-refractivity contribution in [3.05, 3.63) is 24.3 Å². The Balaban J connectivity index is 1.66. The number of carbonyl (C=O) groups excluding carboxylic acids is 1. The molecule has 21 heavy (non-hydrogen) atoms. The highest BCUT2D eigenvalue weighted by Gasteiger charge is 2.21.